The number of anilines is 4. The summed E-state index contributed by atoms with van der Waals surface area (Å²) < 4.78 is 33.3. The zero-order valence-electron chi connectivity index (χ0n) is 73.8. The number of aromatic nitrogens is 9. The smallest absolute Gasteiger partial charge is 0.301 e. The fourth-order valence-corrected chi connectivity index (χ4v) is 20.4. The third-order valence-electron chi connectivity index (χ3n) is 25.1. The molecule has 34 heteroatoms. The molecule has 12 aromatic rings. The number of halogens is 8. The first-order valence-electron chi connectivity index (χ1n) is 42.9. The third-order valence-corrected chi connectivity index (χ3v) is 27.6. The molecule has 3 amide bonds. The van der Waals surface area contributed by atoms with E-state index in [0.717, 1.165) is 28.1 Å². The maximum atomic E-state index is 16.1. The van der Waals surface area contributed by atoms with E-state index in [4.69, 9.17) is 111 Å². The summed E-state index contributed by atoms with van der Waals surface area (Å²) in [7, 11) is 0. The number of pyridine rings is 9. The Kier molecular flexibility index (Phi) is 25.7. The molecule has 3 fully saturated rings. The number of fused-ring (bicyclic) bond motifs is 15. The molecule has 3 saturated heterocycles. The molecule has 0 radical (unpaired) electrons. The van der Waals surface area contributed by atoms with Gasteiger partial charge in [0.1, 0.15) is 35.3 Å². The van der Waals surface area contributed by atoms with Crippen LogP contribution < -0.4 is 46.6 Å². The summed E-state index contributed by atoms with van der Waals surface area (Å²) in [6, 6.07) is 19.9. The number of aryl methyl sites for hydroxylation is 3. The van der Waals surface area contributed by atoms with E-state index in [2.05, 4.69) is 44.5 Å². The summed E-state index contributed by atoms with van der Waals surface area (Å²) in [5.74, 6) is -1.03. The second-order valence-electron chi connectivity index (χ2n) is 34.7. The van der Waals surface area contributed by atoms with Crippen LogP contribution in [0.15, 0.2) is 150 Å². The van der Waals surface area contributed by atoms with Crippen molar-refractivity contribution < 1.29 is 38.5 Å². The number of benzene rings is 3. The predicted octanol–water partition coefficient (Wildman–Crippen LogP) is 18.9. The highest BCUT2D eigenvalue weighted by atomic mass is 35.5. The summed E-state index contributed by atoms with van der Waals surface area (Å²) in [4.78, 5) is 122. The summed E-state index contributed by atoms with van der Waals surface area (Å²) in [5, 5.41) is 23.8. The first-order chi connectivity index (χ1) is 62.4. The molecule has 15 heterocycles. The number of ether oxygens (including phenoxy) is 2. The monoisotopic (exact) mass is 1910 g/mol. The lowest BCUT2D eigenvalue weighted by Crippen LogP contribution is -2.62. The predicted molar refractivity (Wildman–Crippen MR) is 518 cm³/mol. The second-order valence-corrected chi connectivity index (χ2v) is 37.5. The van der Waals surface area contributed by atoms with Gasteiger partial charge >= 0.3 is 11.1 Å². The molecule has 6 unspecified atom stereocenters. The van der Waals surface area contributed by atoms with Crippen LogP contribution in [0.4, 0.5) is 27.1 Å². The second kappa shape index (κ2) is 36.4. The number of phenols is 2. The Bertz CT molecular complexity index is 7030. The van der Waals surface area contributed by atoms with Crippen molar-refractivity contribution in [2.24, 2.45) is 0 Å². The van der Waals surface area contributed by atoms with Gasteiger partial charge in [-0.05, 0) is 161 Å². The van der Waals surface area contributed by atoms with E-state index >= 15 is 4.39 Å². The van der Waals surface area contributed by atoms with Crippen LogP contribution in [0, 0.1) is 26.6 Å². The van der Waals surface area contributed by atoms with Gasteiger partial charge in [0.05, 0.1) is 122 Å². The first kappa shape index (κ1) is 92.5. The topological polar surface area (TPSA) is 299 Å². The van der Waals surface area contributed by atoms with Crippen LogP contribution >= 0.6 is 81.2 Å². The van der Waals surface area contributed by atoms with E-state index in [1.165, 1.54) is 53.1 Å². The Labute approximate surface area is 789 Å². The number of aromatic hydroxyl groups is 2. The Morgan fingerprint density at radius 2 is 0.855 bits per heavy atom. The number of hydrogen-bond donors (Lipinski definition) is 3. The molecule has 131 heavy (non-hydrogen) atoms. The van der Waals surface area contributed by atoms with Crippen LogP contribution in [-0.4, -0.2) is 175 Å². The summed E-state index contributed by atoms with van der Waals surface area (Å²) in [5.41, 5.74) is 16.7. The van der Waals surface area contributed by atoms with Crippen LogP contribution in [0.2, 0.25) is 35.2 Å². The molecule has 678 valence electrons. The van der Waals surface area contributed by atoms with Gasteiger partial charge < -0.3 is 54.8 Å². The van der Waals surface area contributed by atoms with E-state index in [0.29, 0.717) is 147 Å². The van der Waals surface area contributed by atoms with Crippen molar-refractivity contribution >= 4 is 155 Å². The van der Waals surface area contributed by atoms with Crippen LogP contribution in [-0.2, 0) is 20.8 Å². The highest BCUT2D eigenvalue weighted by molar-refractivity contribution is 6.45. The van der Waals surface area contributed by atoms with Crippen LogP contribution in [0.25, 0.3) is 83.9 Å². The normalized spacial score (nSPS) is 17.9. The number of nitrogen functional groups attached to an aromatic ring is 1. The van der Waals surface area contributed by atoms with Crippen molar-refractivity contribution in [2.45, 2.75) is 150 Å². The number of piperazine rings is 3. The molecule has 0 spiro atoms. The standard InChI is InChI=1S/C33H32Cl3N5O4.C32H30Cl3N5O3.C32H32ClFN6O3/c1-6-25(43)39-15-19-8-10-45-31-30(40(19)14-18(39)5)22-13-24(35)28(21-11-20(42)12-23(34)26(21)36)38-32(22)41(33(31)44)29-17(4)7-9-37-27(29)16(2)3;1-6-25(42)38-14-18-9-22-30(39(18)13-17(38)5)21-12-24(34)28(20-10-19(41)11-23(33)26(20)35)37-31(21)40(32(22)43)29-16(4)7-8-36-27(29)15(2)3;1-6-25(41)38-14-20-15-43-30-29(39(20)13-18(38)5)22-12-24(34)27(21-11-19(35)7-8-23(21)33)37-31(22)40(32(30)42)28-17(4)9-10-36-26(28)16(2)3/h6-7,9,11-13,16,18-19,42H,1,8,10,14-15H2,2-5H3;6-8,10-12,15,17-18,41H,1,9,13-14H2,2-5H3;6-12,16,18,20H,1,13-15,35H2,2-5H3. The summed E-state index contributed by atoms with van der Waals surface area (Å²) >= 11 is 46.2. The van der Waals surface area contributed by atoms with E-state index in [9.17, 15) is 39.0 Å². The lowest BCUT2D eigenvalue weighted by atomic mass is 10.0. The number of amides is 3. The summed E-state index contributed by atoms with van der Waals surface area (Å²) in [6.07, 6.45) is 10.2. The highest BCUT2D eigenvalue weighted by Gasteiger charge is 2.46. The Balaban J connectivity index is 0.000000144. The van der Waals surface area contributed by atoms with Gasteiger partial charge in [-0.2, -0.15) is 0 Å². The van der Waals surface area contributed by atoms with Crippen molar-refractivity contribution in [3.63, 3.8) is 0 Å². The van der Waals surface area contributed by atoms with E-state index < -0.39 is 16.9 Å². The number of carbonyl (C=O) groups excluding carboxylic acids is 3. The van der Waals surface area contributed by atoms with Gasteiger partial charge in [-0.15, -0.1) is 0 Å². The minimum Gasteiger partial charge on any atom is -0.508 e. The molecule has 4 N–H and O–H groups in total. The molecule has 6 aliphatic heterocycles. The fraction of sp³-hybridized carbons (Fsp3) is 0.320. The molecule has 0 aliphatic carbocycles. The summed E-state index contributed by atoms with van der Waals surface area (Å²) in [6.45, 7) is 37.8. The Morgan fingerprint density at radius 3 is 1.30 bits per heavy atom. The maximum Gasteiger partial charge on any atom is 0.301 e. The molecule has 3 aromatic carbocycles. The molecule has 6 aliphatic rings. The lowest BCUT2D eigenvalue weighted by Gasteiger charge is -2.48. The van der Waals surface area contributed by atoms with Crippen molar-refractivity contribution in [1.82, 2.24) is 58.3 Å². The largest absolute Gasteiger partial charge is 0.508 e. The average Bonchev–Trinajstić information content (AvgIpc) is 1.70. The third kappa shape index (κ3) is 16.4. The number of hydrogen-bond acceptors (Lipinski definition) is 20. The number of phenolic OH excluding ortho intramolecular Hbond substituents is 2. The van der Waals surface area contributed by atoms with Crippen LogP contribution in [0.3, 0.4) is 0 Å². The number of rotatable bonds is 12. The van der Waals surface area contributed by atoms with Gasteiger partial charge in [0.2, 0.25) is 29.2 Å². The Morgan fingerprint density at radius 1 is 0.466 bits per heavy atom. The zero-order valence-corrected chi connectivity index (χ0v) is 79.1. The van der Waals surface area contributed by atoms with Crippen molar-refractivity contribution in [2.75, 3.05) is 72.9 Å². The first-order valence-corrected chi connectivity index (χ1v) is 45.5. The van der Waals surface area contributed by atoms with Gasteiger partial charge in [-0.1, -0.05) is 142 Å². The lowest BCUT2D eigenvalue weighted by molar-refractivity contribution is -0.129. The number of nitrogens with zero attached hydrogens (tertiary/aromatic N) is 15. The SMILES string of the molecule is C=CC(=O)N1CC2CCOc3c(c4cc(Cl)c(-c5cc(O)cc(Cl)c5Cl)nc4n(-c4c(C)ccnc4C(C)C)c3=O)N2CC1C.C=CC(=O)N1CC2COc3c(c4cc(F)c(-c5cc(N)ccc5Cl)nc4n(-c4c(C)ccnc4C(C)C)c3=O)N2CC1C.C=CC(=O)N1CC2Cc3c(c4cc(Cl)c(-c5cc(O)cc(Cl)c5Cl)nc4n(-c4c(C)ccnc4C(C)C)c3=O)N2CC1C. The molecule has 26 nitrogen and oxygen atoms in total. The van der Waals surface area contributed by atoms with Gasteiger partial charge in [-0.3, -0.25) is 57.4 Å². The van der Waals surface area contributed by atoms with Gasteiger partial charge in [0.25, 0.3) is 5.56 Å². The number of carbonyl (C=O) groups is 3. The highest BCUT2D eigenvalue weighted by Crippen LogP contribution is 2.50. The van der Waals surface area contributed by atoms with E-state index in [1.54, 1.807) is 72.8 Å². The quantitative estimate of drug-likeness (QED) is 0.0756. The van der Waals surface area contributed by atoms with Crippen LogP contribution in [0.1, 0.15) is 126 Å². The number of nitrogens with two attached hydrogens (primary N) is 1. The maximum absolute atomic E-state index is 16.1. The van der Waals surface area contributed by atoms with Gasteiger partial charge in [0.15, 0.2) is 11.3 Å². The van der Waals surface area contributed by atoms with Crippen molar-refractivity contribution in [3.8, 4) is 73.8 Å². The molecular formula is C97H94Cl7FN16O10. The molecular weight excluding hydrogens is 1820 g/mol. The molecule has 9 aromatic heterocycles. The van der Waals surface area contributed by atoms with Crippen LogP contribution in [0.5, 0.6) is 23.0 Å². The Hall–Kier alpha value is -11.8. The zero-order chi connectivity index (χ0) is 94.0. The fourth-order valence-electron chi connectivity index (χ4n) is 18.9. The van der Waals surface area contributed by atoms with Crippen molar-refractivity contribution in [3.05, 3.63) is 247 Å². The van der Waals surface area contributed by atoms with Gasteiger partial charge in [-0.25, -0.2) is 19.3 Å². The average molecular weight is 1910 g/mol. The van der Waals surface area contributed by atoms with E-state index in [-0.39, 0.29) is 171 Å². The van der Waals surface area contributed by atoms with E-state index in [1.807, 2.05) is 106 Å². The molecule has 6 atom stereocenters. The van der Waals surface area contributed by atoms with Crippen molar-refractivity contribution in [1.29, 1.82) is 0 Å². The minimum absolute atomic E-state index is 0.0156. The molecule has 18 rings (SSSR count). The minimum atomic E-state index is -0.630. The molecule has 0 saturated carbocycles. The molecule has 0 bridgehead atoms. The van der Waals surface area contributed by atoms with Gasteiger partial charge in [0, 0.05) is 145 Å².